The zero-order valence-electron chi connectivity index (χ0n) is 13.5. The molecule has 122 valence electrons. The maximum Gasteiger partial charge on any atom is 0.251 e. The summed E-state index contributed by atoms with van der Waals surface area (Å²) in [6.45, 7) is 3.73. The molecule has 24 heavy (non-hydrogen) atoms. The second kappa shape index (κ2) is 6.54. The monoisotopic (exact) mass is 322 g/mol. The molecule has 3 aromatic rings. The second-order valence-electron chi connectivity index (χ2n) is 5.52. The first-order valence-corrected chi connectivity index (χ1v) is 7.63. The minimum atomic E-state index is -0.201. The molecule has 0 aliphatic rings. The van der Waals surface area contributed by atoms with Crippen LogP contribution < -0.4 is 10.6 Å². The molecule has 0 aliphatic heterocycles. The third kappa shape index (κ3) is 3.27. The van der Waals surface area contributed by atoms with E-state index in [1.54, 1.807) is 24.3 Å². The molecule has 1 aromatic carbocycles. The van der Waals surface area contributed by atoms with Crippen molar-refractivity contribution in [1.82, 2.24) is 14.7 Å². The molecule has 0 bridgehead atoms. The van der Waals surface area contributed by atoms with Crippen LogP contribution in [-0.2, 0) is 11.3 Å². The van der Waals surface area contributed by atoms with E-state index in [4.69, 9.17) is 0 Å². The number of imidazole rings is 1. The molecule has 6 heteroatoms. The Bertz CT molecular complexity index is 914. The van der Waals surface area contributed by atoms with Crippen LogP contribution in [0, 0.1) is 6.92 Å². The lowest BCUT2D eigenvalue weighted by molar-refractivity contribution is -0.114. The normalized spacial score (nSPS) is 10.6. The van der Waals surface area contributed by atoms with Gasteiger partial charge in [0, 0.05) is 24.4 Å². The lowest BCUT2D eigenvalue weighted by Gasteiger charge is -2.08. The molecule has 0 fully saturated rings. The Kier molecular flexibility index (Phi) is 4.29. The highest BCUT2D eigenvalue weighted by atomic mass is 16.2. The second-order valence-corrected chi connectivity index (χ2v) is 5.52. The average Bonchev–Trinajstić information content (AvgIpc) is 2.87. The molecule has 2 N–H and O–H groups in total. The first kappa shape index (κ1) is 15.7. The number of aromatic nitrogens is 2. The van der Waals surface area contributed by atoms with Crippen molar-refractivity contribution in [3.05, 3.63) is 65.6 Å². The number of carbonyl (C=O) groups is 2. The molecular formula is C18H18N4O2. The zero-order valence-corrected chi connectivity index (χ0v) is 13.5. The van der Waals surface area contributed by atoms with E-state index in [1.165, 1.54) is 6.92 Å². The fourth-order valence-electron chi connectivity index (χ4n) is 2.58. The summed E-state index contributed by atoms with van der Waals surface area (Å²) in [6, 6.07) is 12.6. The number of anilines is 1. The summed E-state index contributed by atoms with van der Waals surface area (Å²) in [6.07, 6.45) is 1.92. The van der Waals surface area contributed by atoms with E-state index in [2.05, 4.69) is 15.6 Å². The molecule has 6 nitrogen and oxygen atoms in total. The van der Waals surface area contributed by atoms with Gasteiger partial charge in [0.05, 0.1) is 17.9 Å². The van der Waals surface area contributed by atoms with Crippen molar-refractivity contribution in [2.75, 3.05) is 5.32 Å². The number of nitrogens with one attached hydrogen (secondary N) is 2. The number of pyridine rings is 1. The minimum Gasteiger partial charge on any atom is -0.346 e. The number of hydrogen-bond donors (Lipinski definition) is 2. The first-order chi connectivity index (χ1) is 11.5. The molecule has 2 amide bonds. The SMILES string of the molecule is CC(=O)Nc1cccc(C(=O)NCc2c(C)nc3ccccn23)c1. The maximum absolute atomic E-state index is 12.4. The lowest BCUT2D eigenvalue weighted by Crippen LogP contribution is -2.24. The van der Waals surface area contributed by atoms with Gasteiger partial charge >= 0.3 is 0 Å². The van der Waals surface area contributed by atoms with Gasteiger partial charge in [0.15, 0.2) is 0 Å². The van der Waals surface area contributed by atoms with Gasteiger partial charge in [-0.1, -0.05) is 12.1 Å². The van der Waals surface area contributed by atoms with Crippen molar-refractivity contribution in [3.8, 4) is 0 Å². The van der Waals surface area contributed by atoms with Crippen LogP contribution in [0.3, 0.4) is 0 Å². The van der Waals surface area contributed by atoms with Crippen LogP contribution >= 0.6 is 0 Å². The number of carbonyl (C=O) groups excluding carboxylic acids is 2. The summed E-state index contributed by atoms with van der Waals surface area (Å²) in [4.78, 5) is 28.0. The van der Waals surface area contributed by atoms with Crippen LogP contribution in [-0.4, -0.2) is 21.2 Å². The third-order valence-corrected chi connectivity index (χ3v) is 3.69. The van der Waals surface area contributed by atoms with Crippen molar-refractivity contribution >= 4 is 23.1 Å². The third-order valence-electron chi connectivity index (χ3n) is 3.69. The van der Waals surface area contributed by atoms with Crippen molar-refractivity contribution in [3.63, 3.8) is 0 Å². The van der Waals surface area contributed by atoms with E-state index >= 15 is 0 Å². The van der Waals surface area contributed by atoms with Crippen LogP contribution in [0.25, 0.3) is 5.65 Å². The Morgan fingerprint density at radius 1 is 1.17 bits per heavy atom. The summed E-state index contributed by atoms with van der Waals surface area (Å²) in [5, 5.41) is 5.57. The summed E-state index contributed by atoms with van der Waals surface area (Å²) in [7, 11) is 0. The molecule has 0 spiro atoms. The van der Waals surface area contributed by atoms with Crippen molar-refractivity contribution < 1.29 is 9.59 Å². The molecule has 3 rings (SSSR count). The Labute approximate surface area is 139 Å². The predicted octanol–water partition coefficient (Wildman–Crippen LogP) is 2.53. The molecule has 0 saturated carbocycles. The number of aryl methyl sites for hydroxylation is 1. The number of nitrogens with zero attached hydrogens (tertiary/aromatic N) is 2. The molecular weight excluding hydrogens is 304 g/mol. The number of benzene rings is 1. The summed E-state index contributed by atoms with van der Waals surface area (Å²) in [5.41, 5.74) is 3.77. The average molecular weight is 322 g/mol. The van der Waals surface area contributed by atoms with E-state index < -0.39 is 0 Å². The standard InChI is InChI=1S/C18H18N4O2/c1-12-16(22-9-4-3-8-17(22)20-12)11-19-18(24)14-6-5-7-15(10-14)21-13(2)23/h3-10H,11H2,1-2H3,(H,19,24)(H,21,23). The van der Waals surface area contributed by atoms with Crippen LogP contribution in [0.1, 0.15) is 28.7 Å². The van der Waals surface area contributed by atoms with Crippen molar-refractivity contribution in [1.29, 1.82) is 0 Å². The number of fused-ring (bicyclic) bond motifs is 1. The van der Waals surface area contributed by atoms with Gasteiger partial charge in [-0.2, -0.15) is 0 Å². The van der Waals surface area contributed by atoms with Gasteiger partial charge in [-0.05, 0) is 37.3 Å². The van der Waals surface area contributed by atoms with Crippen LogP contribution in [0.5, 0.6) is 0 Å². The van der Waals surface area contributed by atoms with Gasteiger partial charge in [-0.25, -0.2) is 4.98 Å². The minimum absolute atomic E-state index is 0.172. The Hall–Kier alpha value is -3.15. The van der Waals surface area contributed by atoms with Crippen LogP contribution in [0.15, 0.2) is 48.7 Å². The zero-order chi connectivity index (χ0) is 17.1. The van der Waals surface area contributed by atoms with E-state index in [0.29, 0.717) is 17.8 Å². The highest BCUT2D eigenvalue weighted by Crippen LogP contribution is 2.13. The quantitative estimate of drug-likeness (QED) is 0.775. The van der Waals surface area contributed by atoms with E-state index in [0.717, 1.165) is 17.0 Å². The predicted molar refractivity (Wildman–Crippen MR) is 91.8 cm³/mol. The number of amides is 2. The van der Waals surface area contributed by atoms with E-state index in [-0.39, 0.29) is 11.8 Å². The van der Waals surface area contributed by atoms with Crippen molar-refractivity contribution in [2.45, 2.75) is 20.4 Å². The highest BCUT2D eigenvalue weighted by molar-refractivity contribution is 5.96. The largest absolute Gasteiger partial charge is 0.346 e. The molecule has 0 aliphatic carbocycles. The summed E-state index contributed by atoms with van der Waals surface area (Å²) < 4.78 is 1.96. The van der Waals surface area contributed by atoms with Crippen molar-refractivity contribution in [2.24, 2.45) is 0 Å². The molecule has 2 heterocycles. The Morgan fingerprint density at radius 3 is 2.79 bits per heavy atom. The smallest absolute Gasteiger partial charge is 0.251 e. The van der Waals surface area contributed by atoms with Crippen LogP contribution in [0.2, 0.25) is 0 Å². The first-order valence-electron chi connectivity index (χ1n) is 7.63. The maximum atomic E-state index is 12.4. The van der Waals surface area contributed by atoms with E-state index in [9.17, 15) is 9.59 Å². The van der Waals surface area contributed by atoms with Gasteiger partial charge in [0.2, 0.25) is 5.91 Å². The molecule has 0 radical (unpaired) electrons. The van der Waals surface area contributed by atoms with Gasteiger partial charge in [0.25, 0.3) is 5.91 Å². The molecule has 0 saturated heterocycles. The Morgan fingerprint density at radius 2 is 2.00 bits per heavy atom. The van der Waals surface area contributed by atoms with Gasteiger partial charge in [0.1, 0.15) is 5.65 Å². The van der Waals surface area contributed by atoms with Gasteiger partial charge < -0.3 is 15.0 Å². The number of rotatable bonds is 4. The fraction of sp³-hybridized carbons (Fsp3) is 0.167. The van der Waals surface area contributed by atoms with Gasteiger partial charge in [-0.3, -0.25) is 9.59 Å². The number of hydrogen-bond acceptors (Lipinski definition) is 3. The lowest BCUT2D eigenvalue weighted by atomic mass is 10.2. The highest BCUT2D eigenvalue weighted by Gasteiger charge is 2.11. The van der Waals surface area contributed by atoms with E-state index in [1.807, 2.05) is 35.7 Å². The molecule has 0 atom stereocenters. The molecule has 0 unspecified atom stereocenters. The Balaban J connectivity index is 1.75. The summed E-state index contributed by atoms with van der Waals surface area (Å²) in [5.74, 6) is -0.374. The summed E-state index contributed by atoms with van der Waals surface area (Å²) >= 11 is 0. The van der Waals surface area contributed by atoms with Gasteiger partial charge in [-0.15, -0.1) is 0 Å². The fourth-order valence-corrected chi connectivity index (χ4v) is 2.58. The molecule has 2 aromatic heterocycles. The topological polar surface area (TPSA) is 75.5 Å². The van der Waals surface area contributed by atoms with Crippen LogP contribution in [0.4, 0.5) is 5.69 Å².